The van der Waals surface area contributed by atoms with Gasteiger partial charge in [0.2, 0.25) is 0 Å². The molecule has 0 amide bonds. The molecule has 9 aromatic rings. The molecule has 0 unspecified atom stereocenters. The lowest BCUT2D eigenvalue weighted by Gasteiger charge is -2.13. The molecule has 0 N–H and O–H groups in total. The van der Waals surface area contributed by atoms with E-state index in [9.17, 15) is 0 Å². The lowest BCUT2D eigenvalue weighted by Crippen LogP contribution is -1.88. The normalized spacial score (nSPS) is 12.0. The molecule has 0 bridgehead atoms. The van der Waals surface area contributed by atoms with E-state index in [0.29, 0.717) is 0 Å². The van der Waals surface area contributed by atoms with Gasteiger partial charge in [-0.25, -0.2) is 0 Å². The third kappa shape index (κ3) is 3.13. The van der Waals surface area contributed by atoms with Crippen molar-refractivity contribution in [3.8, 4) is 22.3 Å². The predicted octanol–water partition coefficient (Wildman–Crippen LogP) is 11.0. The van der Waals surface area contributed by atoms with Crippen LogP contribution in [0.5, 0.6) is 0 Å². The molecule has 0 aliphatic heterocycles. The summed E-state index contributed by atoms with van der Waals surface area (Å²) in [5.41, 5.74) is 7.65. The summed E-state index contributed by atoms with van der Waals surface area (Å²) in [4.78, 5) is 4.82. The maximum absolute atomic E-state index is 6.30. The van der Waals surface area contributed by atoms with E-state index >= 15 is 0 Å². The van der Waals surface area contributed by atoms with Gasteiger partial charge in [0.15, 0.2) is 0 Å². The molecule has 9 rings (SSSR count). The van der Waals surface area contributed by atoms with E-state index in [4.69, 9.17) is 9.40 Å². The summed E-state index contributed by atoms with van der Waals surface area (Å²) in [6, 6.07) is 43.5. The van der Waals surface area contributed by atoms with Crippen LogP contribution in [0.2, 0.25) is 0 Å². The molecule has 3 heterocycles. The third-order valence-electron chi connectivity index (χ3n) is 8.09. The Morgan fingerprint density at radius 3 is 2.33 bits per heavy atom. The molecule has 40 heavy (non-hydrogen) atoms. The van der Waals surface area contributed by atoms with Crippen LogP contribution < -0.4 is 0 Å². The van der Waals surface area contributed by atoms with E-state index < -0.39 is 0 Å². The monoisotopic (exact) mass is 527 g/mol. The molecule has 0 atom stereocenters. The van der Waals surface area contributed by atoms with Crippen LogP contribution in [0.15, 0.2) is 132 Å². The fourth-order valence-electron chi connectivity index (χ4n) is 6.24. The van der Waals surface area contributed by atoms with Gasteiger partial charge >= 0.3 is 0 Å². The molecule has 0 aliphatic rings. The van der Waals surface area contributed by atoms with Gasteiger partial charge < -0.3 is 4.42 Å². The number of hydrogen-bond acceptors (Lipinski definition) is 3. The number of fused-ring (bicyclic) bond motifs is 9. The van der Waals surface area contributed by atoms with E-state index in [1.807, 2.05) is 35.7 Å². The second-order valence-corrected chi connectivity index (χ2v) is 11.4. The quantitative estimate of drug-likeness (QED) is 0.209. The van der Waals surface area contributed by atoms with Gasteiger partial charge in [0.1, 0.15) is 11.2 Å². The van der Waals surface area contributed by atoms with Crippen molar-refractivity contribution in [1.29, 1.82) is 0 Å². The smallest absolute Gasteiger partial charge is 0.136 e. The minimum absolute atomic E-state index is 0.915. The SMILES string of the molecule is c1cnc2c(c1)ccc1cccc(-c3cc(-c4ccc5c(c4)oc4ccccc45)c4sc5ccccc5c4c3)c12. The van der Waals surface area contributed by atoms with Crippen molar-refractivity contribution in [3.05, 3.63) is 128 Å². The van der Waals surface area contributed by atoms with Crippen molar-refractivity contribution in [1.82, 2.24) is 4.98 Å². The zero-order valence-electron chi connectivity index (χ0n) is 21.4. The van der Waals surface area contributed by atoms with Crippen LogP contribution in [0.25, 0.3) is 86.0 Å². The lowest BCUT2D eigenvalue weighted by atomic mass is 9.92. The van der Waals surface area contributed by atoms with Crippen LogP contribution in [-0.4, -0.2) is 4.98 Å². The fourth-order valence-corrected chi connectivity index (χ4v) is 7.46. The molecular weight excluding hydrogens is 506 g/mol. The third-order valence-corrected chi connectivity index (χ3v) is 9.31. The van der Waals surface area contributed by atoms with Crippen molar-refractivity contribution in [2.24, 2.45) is 0 Å². The molecule has 2 nitrogen and oxygen atoms in total. The molecule has 3 aromatic heterocycles. The number of aromatic nitrogens is 1. The molecule has 186 valence electrons. The first kappa shape index (κ1) is 21.9. The van der Waals surface area contributed by atoms with E-state index in [0.717, 1.165) is 38.4 Å². The first-order valence-electron chi connectivity index (χ1n) is 13.5. The summed E-state index contributed by atoms with van der Waals surface area (Å²) in [6.07, 6.45) is 1.89. The molecular formula is C37H21NOS. The second-order valence-electron chi connectivity index (χ2n) is 10.4. The first-order chi connectivity index (χ1) is 19.8. The van der Waals surface area contributed by atoms with Gasteiger partial charge in [0.05, 0.1) is 5.52 Å². The van der Waals surface area contributed by atoms with E-state index in [1.165, 1.54) is 47.6 Å². The Kier molecular flexibility index (Phi) is 4.52. The van der Waals surface area contributed by atoms with E-state index in [-0.39, 0.29) is 0 Å². The number of hydrogen-bond donors (Lipinski definition) is 0. The highest BCUT2D eigenvalue weighted by atomic mass is 32.1. The maximum atomic E-state index is 6.30. The van der Waals surface area contributed by atoms with Crippen molar-refractivity contribution in [2.45, 2.75) is 0 Å². The molecule has 0 radical (unpaired) electrons. The summed E-state index contributed by atoms with van der Waals surface area (Å²) in [5.74, 6) is 0. The van der Waals surface area contributed by atoms with Crippen molar-refractivity contribution >= 4 is 75.1 Å². The van der Waals surface area contributed by atoms with Gasteiger partial charge in [-0.3, -0.25) is 4.98 Å². The average molecular weight is 528 g/mol. The van der Waals surface area contributed by atoms with Gasteiger partial charge in [-0.2, -0.15) is 0 Å². The highest BCUT2D eigenvalue weighted by molar-refractivity contribution is 7.26. The Labute approximate surface area is 233 Å². The van der Waals surface area contributed by atoms with Crippen molar-refractivity contribution in [3.63, 3.8) is 0 Å². The lowest BCUT2D eigenvalue weighted by molar-refractivity contribution is 0.669. The summed E-state index contributed by atoms with van der Waals surface area (Å²) >= 11 is 1.86. The zero-order chi connectivity index (χ0) is 26.2. The Balaban J connectivity index is 1.38. The Hall–Kier alpha value is -4.99. The average Bonchev–Trinajstić information content (AvgIpc) is 3.58. The summed E-state index contributed by atoms with van der Waals surface area (Å²) in [6.45, 7) is 0. The number of para-hydroxylation sites is 1. The largest absolute Gasteiger partial charge is 0.456 e. The molecule has 0 fully saturated rings. The summed E-state index contributed by atoms with van der Waals surface area (Å²) < 4.78 is 8.89. The molecule has 0 spiro atoms. The predicted molar refractivity (Wildman–Crippen MR) is 170 cm³/mol. The van der Waals surface area contributed by atoms with Crippen LogP contribution in [0, 0.1) is 0 Å². The molecule has 0 saturated heterocycles. The summed E-state index contributed by atoms with van der Waals surface area (Å²) in [5, 5.41) is 8.42. The van der Waals surface area contributed by atoms with Gasteiger partial charge in [-0.1, -0.05) is 78.9 Å². The van der Waals surface area contributed by atoms with Gasteiger partial charge in [0, 0.05) is 53.5 Å². The number of rotatable bonds is 2. The minimum atomic E-state index is 0.915. The van der Waals surface area contributed by atoms with Crippen LogP contribution in [0.3, 0.4) is 0 Å². The Morgan fingerprint density at radius 1 is 0.525 bits per heavy atom. The first-order valence-corrected chi connectivity index (χ1v) is 14.3. The molecule has 0 aliphatic carbocycles. The number of furan rings is 1. The van der Waals surface area contributed by atoms with Gasteiger partial charge in [-0.15, -0.1) is 11.3 Å². The minimum Gasteiger partial charge on any atom is -0.456 e. The van der Waals surface area contributed by atoms with Gasteiger partial charge in [-0.05, 0) is 64.5 Å². The second kappa shape index (κ2) is 8.25. The highest BCUT2D eigenvalue weighted by Gasteiger charge is 2.17. The van der Waals surface area contributed by atoms with Crippen LogP contribution in [-0.2, 0) is 0 Å². The highest BCUT2D eigenvalue weighted by Crippen LogP contribution is 2.45. The van der Waals surface area contributed by atoms with Crippen molar-refractivity contribution in [2.75, 3.05) is 0 Å². The van der Waals surface area contributed by atoms with Crippen LogP contribution >= 0.6 is 11.3 Å². The Bertz CT molecular complexity index is 2450. The number of benzene rings is 6. The fraction of sp³-hybridized carbons (Fsp3) is 0. The number of thiophene rings is 1. The Morgan fingerprint density at radius 2 is 1.35 bits per heavy atom. The van der Waals surface area contributed by atoms with E-state index in [1.54, 1.807) is 0 Å². The standard InChI is InChI=1S/C37H21NOS/c1-3-12-32-27(9-1)28-17-16-24(21-33(28)39-32)30-19-25(20-31-29-10-2-4-13-34(29)40-37(30)31)26-11-5-7-22-14-15-23-8-6-18-38-36(23)35(22)26/h1-21H. The number of nitrogens with zero attached hydrogens (tertiary/aromatic N) is 1. The van der Waals surface area contributed by atoms with E-state index in [2.05, 4.69) is 103 Å². The molecule has 6 aromatic carbocycles. The van der Waals surface area contributed by atoms with Crippen molar-refractivity contribution < 1.29 is 4.42 Å². The van der Waals surface area contributed by atoms with Gasteiger partial charge in [0.25, 0.3) is 0 Å². The maximum Gasteiger partial charge on any atom is 0.136 e. The number of pyridine rings is 1. The summed E-state index contributed by atoms with van der Waals surface area (Å²) in [7, 11) is 0. The molecule has 3 heteroatoms. The van der Waals surface area contributed by atoms with Crippen LogP contribution in [0.1, 0.15) is 0 Å². The zero-order valence-corrected chi connectivity index (χ0v) is 22.2. The molecule has 0 saturated carbocycles. The van der Waals surface area contributed by atoms with Crippen LogP contribution in [0.4, 0.5) is 0 Å². The topological polar surface area (TPSA) is 26.0 Å².